The van der Waals surface area contributed by atoms with Crippen molar-refractivity contribution in [2.24, 2.45) is 5.73 Å². The van der Waals surface area contributed by atoms with Gasteiger partial charge in [0.05, 0.1) is 6.54 Å². The molecule has 0 saturated heterocycles. The Morgan fingerprint density at radius 3 is 2.80 bits per heavy atom. The molecule has 84 valence electrons. The number of nitrogens with one attached hydrogen (secondary N) is 1. The van der Waals surface area contributed by atoms with Crippen LogP contribution in [0, 0.1) is 0 Å². The lowest BCUT2D eigenvalue weighted by Gasteiger charge is -2.01. The largest absolute Gasteiger partial charge is 0.447 e. The summed E-state index contributed by atoms with van der Waals surface area (Å²) in [6, 6.07) is 2.93. The van der Waals surface area contributed by atoms with Crippen LogP contribution in [0.2, 0.25) is 0 Å². The lowest BCUT2D eigenvalue weighted by atomic mass is 10.4. The van der Waals surface area contributed by atoms with E-state index in [9.17, 15) is 8.42 Å². The Hall–Kier alpha value is -1.11. The number of furan rings is 1. The molecule has 6 heteroatoms. The van der Waals surface area contributed by atoms with E-state index in [2.05, 4.69) is 11.3 Å². The molecule has 0 aliphatic rings. The zero-order valence-corrected chi connectivity index (χ0v) is 9.09. The fraction of sp³-hybridized carbons (Fsp3) is 0.333. The highest BCUT2D eigenvalue weighted by Gasteiger charge is 2.17. The van der Waals surface area contributed by atoms with Gasteiger partial charge in [-0.3, -0.25) is 0 Å². The van der Waals surface area contributed by atoms with Crippen LogP contribution in [-0.4, -0.2) is 15.0 Å². The number of hydrogen-bond acceptors (Lipinski definition) is 4. The molecule has 1 aromatic rings. The molecule has 0 aromatic carbocycles. The molecule has 5 nitrogen and oxygen atoms in total. The Bertz CT molecular complexity index is 422. The summed E-state index contributed by atoms with van der Waals surface area (Å²) in [4.78, 5) is 0. The van der Waals surface area contributed by atoms with E-state index in [1.54, 1.807) is 12.1 Å². The molecule has 0 aliphatic carbocycles. The summed E-state index contributed by atoms with van der Waals surface area (Å²) in [7, 11) is -3.54. The van der Waals surface area contributed by atoms with Gasteiger partial charge in [-0.25, -0.2) is 13.1 Å². The molecule has 15 heavy (non-hydrogen) atoms. The quantitative estimate of drug-likeness (QED) is 0.553. The van der Waals surface area contributed by atoms with Crippen LogP contribution in [0.1, 0.15) is 12.2 Å². The maximum atomic E-state index is 11.6. The van der Waals surface area contributed by atoms with Gasteiger partial charge in [-0.15, -0.1) is 6.58 Å². The molecule has 1 aromatic heterocycles. The number of hydrogen-bond donors (Lipinski definition) is 2. The van der Waals surface area contributed by atoms with Gasteiger partial charge in [0, 0.05) is 6.54 Å². The number of rotatable bonds is 6. The predicted molar refractivity (Wildman–Crippen MR) is 56.6 cm³/mol. The van der Waals surface area contributed by atoms with Gasteiger partial charge < -0.3 is 10.2 Å². The second kappa shape index (κ2) is 5.11. The first-order valence-corrected chi connectivity index (χ1v) is 5.98. The lowest BCUT2D eigenvalue weighted by Crippen LogP contribution is -2.24. The van der Waals surface area contributed by atoms with Crippen molar-refractivity contribution in [3.8, 4) is 0 Å². The predicted octanol–water partition coefficient (Wildman–Crippen LogP) is 0.593. The first kappa shape index (κ1) is 12.0. The fourth-order valence-electron chi connectivity index (χ4n) is 0.979. The van der Waals surface area contributed by atoms with Crippen molar-refractivity contribution >= 4 is 10.0 Å². The van der Waals surface area contributed by atoms with Crippen LogP contribution >= 0.6 is 0 Å². The molecule has 0 radical (unpaired) electrons. The van der Waals surface area contributed by atoms with Crippen LogP contribution in [-0.2, 0) is 16.6 Å². The summed E-state index contributed by atoms with van der Waals surface area (Å²) in [5, 5.41) is -0.105. The summed E-state index contributed by atoms with van der Waals surface area (Å²) >= 11 is 0. The van der Waals surface area contributed by atoms with Gasteiger partial charge in [0.25, 0.3) is 10.0 Å². The second-order valence-electron chi connectivity index (χ2n) is 2.90. The Morgan fingerprint density at radius 2 is 2.27 bits per heavy atom. The molecule has 0 bridgehead atoms. The van der Waals surface area contributed by atoms with E-state index in [1.165, 1.54) is 6.07 Å². The SMILES string of the molecule is C=CCCNS(=O)(=O)c1ccc(CN)o1. The van der Waals surface area contributed by atoms with Crippen molar-refractivity contribution in [1.82, 2.24) is 4.72 Å². The third-order valence-electron chi connectivity index (χ3n) is 1.74. The zero-order chi connectivity index (χ0) is 11.3. The van der Waals surface area contributed by atoms with Gasteiger partial charge >= 0.3 is 0 Å². The van der Waals surface area contributed by atoms with Crippen molar-refractivity contribution in [1.29, 1.82) is 0 Å². The summed E-state index contributed by atoms with van der Waals surface area (Å²) in [6.45, 7) is 3.99. The van der Waals surface area contributed by atoms with Crippen molar-refractivity contribution < 1.29 is 12.8 Å². The Kier molecular flexibility index (Phi) is 4.07. The minimum atomic E-state index is -3.54. The van der Waals surface area contributed by atoms with Gasteiger partial charge in [-0.2, -0.15) is 0 Å². The maximum Gasteiger partial charge on any atom is 0.273 e. The second-order valence-corrected chi connectivity index (χ2v) is 4.60. The Balaban J connectivity index is 2.72. The molecule has 0 saturated carbocycles. The van der Waals surface area contributed by atoms with Gasteiger partial charge in [0.1, 0.15) is 5.76 Å². The average Bonchev–Trinajstić information content (AvgIpc) is 2.66. The van der Waals surface area contributed by atoms with Crippen LogP contribution in [0.15, 0.2) is 34.3 Å². The minimum absolute atomic E-state index is 0.105. The van der Waals surface area contributed by atoms with Crippen LogP contribution in [0.3, 0.4) is 0 Å². The van der Waals surface area contributed by atoms with Crippen LogP contribution < -0.4 is 10.5 Å². The normalized spacial score (nSPS) is 11.5. The number of nitrogens with two attached hydrogens (primary N) is 1. The van der Waals surface area contributed by atoms with E-state index in [0.717, 1.165) is 0 Å². The first-order chi connectivity index (χ1) is 7.10. The molecule has 0 atom stereocenters. The first-order valence-electron chi connectivity index (χ1n) is 4.49. The summed E-state index contributed by atoms with van der Waals surface area (Å²) in [5.41, 5.74) is 5.31. The topological polar surface area (TPSA) is 85.3 Å². The monoisotopic (exact) mass is 230 g/mol. The molecule has 1 heterocycles. The van der Waals surface area contributed by atoms with E-state index in [4.69, 9.17) is 10.2 Å². The van der Waals surface area contributed by atoms with Gasteiger partial charge in [-0.05, 0) is 18.6 Å². The molecular formula is C9H14N2O3S. The van der Waals surface area contributed by atoms with E-state index >= 15 is 0 Å². The molecule has 0 aliphatic heterocycles. The summed E-state index contributed by atoms with van der Waals surface area (Å²) < 4.78 is 30.5. The van der Waals surface area contributed by atoms with E-state index in [0.29, 0.717) is 18.7 Å². The molecule has 3 N–H and O–H groups in total. The zero-order valence-electron chi connectivity index (χ0n) is 8.27. The number of sulfonamides is 1. The Morgan fingerprint density at radius 1 is 1.53 bits per heavy atom. The van der Waals surface area contributed by atoms with Gasteiger partial charge in [0.2, 0.25) is 5.09 Å². The maximum absolute atomic E-state index is 11.6. The minimum Gasteiger partial charge on any atom is -0.447 e. The summed E-state index contributed by atoms with van der Waals surface area (Å²) in [6.07, 6.45) is 2.21. The molecule has 0 unspecified atom stereocenters. The standard InChI is InChI=1S/C9H14N2O3S/c1-2-3-6-11-15(12,13)9-5-4-8(7-10)14-9/h2,4-5,11H,1,3,6-7,10H2. The molecule has 0 spiro atoms. The van der Waals surface area contributed by atoms with E-state index in [1.807, 2.05) is 0 Å². The van der Waals surface area contributed by atoms with Crippen molar-refractivity contribution in [3.63, 3.8) is 0 Å². The third kappa shape index (κ3) is 3.19. The molecule has 1 rings (SSSR count). The van der Waals surface area contributed by atoms with E-state index in [-0.39, 0.29) is 11.6 Å². The lowest BCUT2D eigenvalue weighted by molar-refractivity contribution is 0.413. The van der Waals surface area contributed by atoms with Crippen LogP contribution in [0.25, 0.3) is 0 Å². The van der Waals surface area contributed by atoms with Crippen molar-refractivity contribution in [2.45, 2.75) is 18.1 Å². The van der Waals surface area contributed by atoms with Crippen molar-refractivity contribution in [2.75, 3.05) is 6.54 Å². The third-order valence-corrected chi connectivity index (χ3v) is 3.08. The van der Waals surface area contributed by atoms with Crippen LogP contribution in [0.5, 0.6) is 0 Å². The highest BCUT2D eigenvalue weighted by Crippen LogP contribution is 2.12. The van der Waals surface area contributed by atoms with Gasteiger partial charge in [0.15, 0.2) is 0 Å². The molecule has 0 amide bonds. The van der Waals surface area contributed by atoms with E-state index < -0.39 is 10.0 Å². The average molecular weight is 230 g/mol. The molecular weight excluding hydrogens is 216 g/mol. The summed E-state index contributed by atoms with van der Waals surface area (Å²) in [5.74, 6) is 0.444. The molecule has 0 fully saturated rings. The van der Waals surface area contributed by atoms with Crippen LogP contribution in [0.4, 0.5) is 0 Å². The smallest absolute Gasteiger partial charge is 0.273 e. The highest BCUT2D eigenvalue weighted by molar-refractivity contribution is 7.89. The highest BCUT2D eigenvalue weighted by atomic mass is 32.2. The van der Waals surface area contributed by atoms with Crippen molar-refractivity contribution in [3.05, 3.63) is 30.5 Å². The van der Waals surface area contributed by atoms with Gasteiger partial charge in [-0.1, -0.05) is 6.08 Å². The fourth-order valence-corrected chi connectivity index (χ4v) is 1.97. The Labute approximate surface area is 89.0 Å².